The second-order valence-electron chi connectivity index (χ2n) is 3.28. The van der Waals surface area contributed by atoms with Crippen molar-refractivity contribution < 1.29 is 0 Å². The average Bonchev–Trinajstić information content (AvgIpc) is 2.49. The molecule has 2 nitrogen and oxygen atoms in total. The predicted molar refractivity (Wildman–Crippen MR) is 59.7 cm³/mol. The molecule has 0 spiro atoms. The molecule has 1 N–H and O–H groups in total. The first-order chi connectivity index (χ1) is 6.27. The summed E-state index contributed by atoms with van der Waals surface area (Å²) in [6.45, 7) is 5.35. The van der Waals surface area contributed by atoms with Crippen LogP contribution in [0.3, 0.4) is 0 Å². The van der Waals surface area contributed by atoms with Crippen LogP contribution >= 0.6 is 23.1 Å². The lowest BCUT2D eigenvalue weighted by molar-refractivity contribution is 0.591. The van der Waals surface area contributed by atoms with Crippen LogP contribution < -0.4 is 5.32 Å². The molecule has 0 bridgehead atoms. The second kappa shape index (κ2) is 3.98. The summed E-state index contributed by atoms with van der Waals surface area (Å²) < 4.78 is 0. The molecule has 13 heavy (non-hydrogen) atoms. The first-order valence-electron chi connectivity index (χ1n) is 4.52. The highest BCUT2D eigenvalue weighted by molar-refractivity contribution is 7.99. The lowest BCUT2D eigenvalue weighted by Crippen LogP contribution is -2.30. The summed E-state index contributed by atoms with van der Waals surface area (Å²) in [5, 5.41) is 4.77. The zero-order chi connectivity index (χ0) is 9.26. The highest BCUT2D eigenvalue weighted by Gasteiger charge is 2.18. The minimum absolute atomic E-state index is 0.496. The van der Waals surface area contributed by atoms with E-state index in [0.29, 0.717) is 6.04 Å². The summed E-state index contributed by atoms with van der Waals surface area (Å²) in [6, 6.07) is 0.496. The third kappa shape index (κ3) is 2.06. The summed E-state index contributed by atoms with van der Waals surface area (Å²) >= 11 is 3.85. The molecular formula is C9H14N2S2. The number of aryl methyl sites for hydroxylation is 2. The van der Waals surface area contributed by atoms with E-state index in [0.717, 1.165) is 6.54 Å². The Bertz CT molecular complexity index is 270. The average molecular weight is 214 g/mol. The molecule has 1 aromatic heterocycles. The molecule has 0 radical (unpaired) electrons. The molecule has 0 aliphatic carbocycles. The van der Waals surface area contributed by atoms with Crippen molar-refractivity contribution >= 4 is 23.1 Å². The van der Waals surface area contributed by atoms with Gasteiger partial charge in [0.15, 0.2) is 0 Å². The van der Waals surface area contributed by atoms with Crippen molar-refractivity contribution in [3.05, 3.63) is 15.6 Å². The third-order valence-corrected chi connectivity index (χ3v) is 4.51. The van der Waals surface area contributed by atoms with E-state index in [9.17, 15) is 0 Å². The normalized spacial score (nSPS) is 23.4. The molecule has 2 heterocycles. The number of thiazole rings is 1. The zero-order valence-corrected chi connectivity index (χ0v) is 9.60. The van der Waals surface area contributed by atoms with Crippen LogP contribution in [0.2, 0.25) is 0 Å². The van der Waals surface area contributed by atoms with E-state index in [-0.39, 0.29) is 0 Å². The molecule has 4 heteroatoms. The predicted octanol–water partition coefficient (Wildman–Crippen LogP) is 2.14. The van der Waals surface area contributed by atoms with E-state index >= 15 is 0 Å². The van der Waals surface area contributed by atoms with E-state index in [2.05, 4.69) is 24.1 Å². The van der Waals surface area contributed by atoms with E-state index in [4.69, 9.17) is 0 Å². The van der Waals surface area contributed by atoms with Gasteiger partial charge in [-0.05, 0) is 13.8 Å². The molecule has 72 valence electrons. The van der Waals surface area contributed by atoms with Gasteiger partial charge in [0, 0.05) is 22.9 Å². The van der Waals surface area contributed by atoms with Crippen molar-refractivity contribution in [1.29, 1.82) is 0 Å². The van der Waals surface area contributed by atoms with Crippen molar-refractivity contribution in [3.8, 4) is 0 Å². The van der Waals surface area contributed by atoms with Gasteiger partial charge in [0.05, 0.1) is 11.7 Å². The van der Waals surface area contributed by atoms with Gasteiger partial charge in [0.25, 0.3) is 0 Å². The topological polar surface area (TPSA) is 24.9 Å². The summed E-state index contributed by atoms with van der Waals surface area (Å²) in [7, 11) is 0. The van der Waals surface area contributed by atoms with Gasteiger partial charge < -0.3 is 5.32 Å². The third-order valence-electron chi connectivity index (χ3n) is 2.26. The maximum atomic E-state index is 4.58. The highest BCUT2D eigenvalue weighted by Crippen LogP contribution is 2.27. The van der Waals surface area contributed by atoms with Crippen LogP contribution in [-0.2, 0) is 0 Å². The van der Waals surface area contributed by atoms with Gasteiger partial charge in [-0.15, -0.1) is 11.3 Å². The van der Waals surface area contributed by atoms with Crippen LogP contribution in [0.25, 0.3) is 0 Å². The lowest BCUT2D eigenvalue weighted by atomic mass is 10.3. The van der Waals surface area contributed by atoms with Gasteiger partial charge in [-0.1, -0.05) is 0 Å². The number of rotatable bonds is 1. The Morgan fingerprint density at radius 2 is 2.31 bits per heavy atom. The van der Waals surface area contributed by atoms with Crippen molar-refractivity contribution in [3.63, 3.8) is 0 Å². The zero-order valence-electron chi connectivity index (χ0n) is 7.96. The number of nitrogens with one attached hydrogen (secondary N) is 1. The molecule has 1 aliphatic rings. The first kappa shape index (κ1) is 9.49. The number of nitrogens with zero attached hydrogens (tertiary/aromatic N) is 1. The van der Waals surface area contributed by atoms with Crippen molar-refractivity contribution in [2.24, 2.45) is 0 Å². The Kier molecular flexibility index (Phi) is 2.91. The summed E-state index contributed by atoms with van der Waals surface area (Å²) in [5.41, 5.74) is 1.19. The number of hydrogen-bond donors (Lipinski definition) is 1. The maximum absolute atomic E-state index is 4.58. The molecule has 1 saturated heterocycles. The van der Waals surface area contributed by atoms with E-state index in [1.165, 1.54) is 27.1 Å². The Morgan fingerprint density at radius 1 is 1.46 bits per heavy atom. The molecule has 1 unspecified atom stereocenters. The van der Waals surface area contributed by atoms with Gasteiger partial charge in [-0.3, -0.25) is 0 Å². The summed E-state index contributed by atoms with van der Waals surface area (Å²) in [4.78, 5) is 5.93. The molecule has 0 aromatic carbocycles. The standard InChI is InChI=1S/C9H14N2S2/c1-6-7(2)13-9(11-6)8-5-12-4-3-10-8/h8,10H,3-5H2,1-2H3. The molecule has 0 amide bonds. The summed E-state index contributed by atoms with van der Waals surface area (Å²) in [5.74, 6) is 2.41. The van der Waals surface area contributed by atoms with Crippen LogP contribution in [0.15, 0.2) is 0 Å². The number of hydrogen-bond acceptors (Lipinski definition) is 4. The number of aromatic nitrogens is 1. The van der Waals surface area contributed by atoms with Crippen LogP contribution in [0.1, 0.15) is 21.6 Å². The van der Waals surface area contributed by atoms with Crippen LogP contribution in [-0.4, -0.2) is 23.0 Å². The fourth-order valence-corrected chi connectivity index (χ4v) is 3.41. The van der Waals surface area contributed by atoms with Gasteiger partial charge in [-0.2, -0.15) is 11.8 Å². The summed E-state index contributed by atoms with van der Waals surface area (Å²) in [6.07, 6.45) is 0. The highest BCUT2D eigenvalue weighted by atomic mass is 32.2. The Labute approximate surface area is 87.1 Å². The van der Waals surface area contributed by atoms with Crippen LogP contribution in [0.4, 0.5) is 0 Å². The minimum atomic E-state index is 0.496. The SMILES string of the molecule is Cc1nc(C2CSCCN2)sc1C. The minimum Gasteiger partial charge on any atom is -0.306 e. The van der Waals surface area contributed by atoms with Gasteiger partial charge in [0.1, 0.15) is 5.01 Å². The first-order valence-corrected chi connectivity index (χ1v) is 6.49. The Hall–Kier alpha value is -0.0600. The number of thioether (sulfide) groups is 1. The maximum Gasteiger partial charge on any atom is 0.111 e. The van der Waals surface area contributed by atoms with E-state index in [1.807, 2.05) is 23.1 Å². The fourth-order valence-electron chi connectivity index (χ4n) is 1.37. The van der Waals surface area contributed by atoms with Crippen molar-refractivity contribution in [1.82, 2.24) is 10.3 Å². The lowest BCUT2D eigenvalue weighted by Gasteiger charge is -2.20. The van der Waals surface area contributed by atoms with Crippen LogP contribution in [0.5, 0.6) is 0 Å². The van der Waals surface area contributed by atoms with Gasteiger partial charge in [0.2, 0.25) is 0 Å². The fraction of sp³-hybridized carbons (Fsp3) is 0.667. The van der Waals surface area contributed by atoms with Crippen molar-refractivity contribution in [2.75, 3.05) is 18.1 Å². The molecular weight excluding hydrogens is 200 g/mol. The smallest absolute Gasteiger partial charge is 0.111 e. The van der Waals surface area contributed by atoms with Gasteiger partial charge >= 0.3 is 0 Å². The molecule has 1 aliphatic heterocycles. The second-order valence-corrected chi connectivity index (χ2v) is 5.66. The molecule has 0 saturated carbocycles. The molecule has 2 rings (SSSR count). The molecule has 1 aromatic rings. The largest absolute Gasteiger partial charge is 0.306 e. The van der Waals surface area contributed by atoms with E-state index in [1.54, 1.807) is 0 Å². The van der Waals surface area contributed by atoms with Crippen LogP contribution in [0, 0.1) is 13.8 Å². The Balaban J connectivity index is 2.14. The monoisotopic (exact) mass is 214 g/mol. The van der Waals surface area contributed by atoms with Crippen molar-refractivity contribution in [2.45, 2.75) is 19.9 Å². The quantitative estimate of drug-likeness (QED) is 0.775. The Morgan fingerprint density at radius 3 is 2.85 bits per heavy atom. The van der Waals surface area contributed by atoms with E-state index < -0.39 is 0 Å². The molecule has 1 fully saturated rings. The van der Waals surface area contributed by atoms with Gasteiger partial charge in [-0.25, -0.2) is 4.98 Å². The molecule has 1 atom stereocenters.